The highest BCUT2D eigenvalue weighted by Crippen LogP contribution is 2.50. The number of hydrogen-bond acceptors (Lipinski definition) is 1. The molecule has 0 fully saturated rings. The molecule has 0 saturated carbocycles. The molecule has 1 nitrogen and oxygen atoms in total. The Bertz CT molecular complexity index is 1280. The van der Waals surface area contributed by atoms with Crippen LogP contribution in [0.5, 0.6) is 0 Å². The van der Waals surface area contributed by atoms with Gasteiger partial charge in [-0.05, 0) is 78.4 Å². The Morgan fingerprint density at radius 3 is 1.94 bits per heavy atom. The first-order valence-corrected chi connectivity index (χ1v) is 11.5. The fourth-order valence-corrected chi connectivity index (χ4v) is 5.23. The van der Waals surface area contributed by atoms with Crippen LogP contribution < -0.4 is 4.90 Å². The van der Waals surface area contributed by atoms with Crippen LogP contribution in [0, 0.1) is 0 Å². The Morgan fingerprint density at radius 2 is 1.19 bits per heavy atom. The van der Waals surface area contributed by atoms with Crippen LogP contribution in [0.2, 0.25) is 0 Å². The topological polar surface area (TPSA) is 3.24 Å². The second kappa shape index (κ2) is 7.38. The van der Waals surface area contributed by atoms with Gasteiger partial charge >= 0.3 is 0 Å². The van der Waals surface area contributed by atoms with Gasteiger partial charge in [-0.2, -0.15) is 0 Å². The summed E-state index contributed by atoms with van der Waals surface area (Å²) in [5, 5.41) is 0. The molecule has 0 amide bonds. The van der Waals surface area contributed by atoms with E-state index in [1.54, 1.807) is 0 Å². The summed E-state index contributed by atoms with van der Waals surface area (Å²) < 4.78 is 0. The van der Waals surface area contributed by atoms with Crippen molar-refractivity contribution in [2.24, 2.45) is 0 Å². The molecule has 4 aromatic carbocycles. The average molecular weight is 418 g/mol. The van der Waals surface area contributed by atoms with E-state index in [-0.39, 0.29) is 11.0 Å². The monoisotopic (exact) mass is 417 g/mol. The number of rotatable bonds is 3. The Morgan fingerprint density at radius 1 is 0.562 bits per heavy atom. The van der Waals surface area contributed by atoms with Crippen molar-refractivity contribution in [3.05, 3.63) is 108 Å². The van der Waals surface area contributed by atoms with E-state index in [0.29, 0.717) is 0 Å². The Kier molecular flexibility index (Phi) is 4.74. The predicted molar refractivity (Wildman–Crippen MR) is 138 cm³/mol. The normalized spacial score (nSPS) is 14.0. The molecule has 0 aliphatic heterocycles. The number of benzene rings is 4. The molecular formula is C31H31N. The minimum Gasteiger partial charge on any atom is -0.336 e. The summed E-state index contributed by atoms with van der Waals surface area (Å²) in [6.07, 6.45) is 0. The summed E-state index contributed by atoms with van der Waals surface area (Å²) in [5.41, 5.74) is 10.4. The smallest absolute Gasteiger partial charge is 0.0422 e. The highest BCUT2D eigenvalue weighted by molar-refractivity contribution is 5.84. The zero-order valence-electron chi connectivity index (χ0n) is 19.7. The quantitative estimate of drug-likeness (QED) is 0.322. The lowest BCUT2D eigenvalue weighted by Gasteiger charge is -2.38. The second-order valence-electron chi connectivity index (χ2n) is 10.3. The largest absolute Gasteiger partial charge is 0.336 e. The maximum absolute atomic E-state index is 2.47. The van der Waals surface area contributed by atoms with Crippen molar-refractivity contribution in [3.63, 3.8) is 0 Å². The molecule has 1 aliphatic rings. The van der Waals surface area contributed by atoms with Crippen molar-refractivity contribution in [2.75, 3.05) is 4.90 Å². The van der Waals surface area contributed by atoms with Crippen molar-refractivity contribution in [1.82, 2.24) is 0 Å². The molecular weight excluding hydrogens is 386 g/mol. The first-order valence-electron chi connectivity index (χ1n) is 11.5. The number of fused-ring (bicyclic) bond motifs is 3. The van der Waals surface area contributed by atoms with Gasteiger partial charge in [-0.1, -0.05) is 86.6 Å². The van der Waals surface area contributed by atoms with Gasteiger partial charge < -0.3 is 4.90 Å². The maximum Gasteiger partial charge on any atom is 0.0422 e. The van der Waals surface area contributed by atoms with Crippen molar-refractivity contribution in [1.29, 1.82) is 0 Å². The lowest BCUT2D eigenvalue weighted by atomic mass is 9.82. The molecule has 0 spiro atoms. The van der Waals surface area contributed by atoms with E-state index in [1.165, 1.54) is 44.8 Å². The summed E-state index contributed by atoms with van der Waals surface area (Å²) in [4.78, 5) is 2.47. The lowest BCUT2D eigenvalue weighted by Crippen LogP contribution is -2.37. The lowest BCUT2D eigenvalue weighted by molar-refractivity contribution is 0.560. The van der Waals surface area contributed by atoms with Gasteiger partial charge in [-0.25, -0.2) is 0 Å². The molecule has 1 heteroatoms. The van der Waals surface area contributed by atoms with Crippen molar-refractivity contribution < 1.29 is 0 Å². The summed E-state index contributed by atoms with van der Waals surface area (Å²) >= 11 is 0. The van der Waals surface area contributed by atoms with Crippen molar-refractivity contribution in [3.8, 4) is 22.3 Å². The van der Waals surface area contributed by atoms with Crippen LogP contribution in [0.1, 0.15) is 45.7 Å². The maximum atomic E-state index is 2.47. The van der Waals surface area contributed by atoms with Crippen LogP contribution in [-0.4, -0.2) is 5.54 Å². The van der Waals surface area contributed by atoms with Gasteiger partial charge in [-0.15, -0.1) is 0 Å². The molecule has 0 radical (unpaired) electrons. The minimum absolute atomic E-state index is 0.0320. The highest BCUT2D eigenvalue weighted by Gasteiger charge is 2.36. The van der Waals surface area contributed by atoms with E-state index in [2.05, 4.69) is 137 Å². The van der Waals surface area contributed by atoms with Gasteiger partial charge in [0, 0.05) is 22.3 Å². The molecule has 0 aromatic heterocycles. The third kappa shape index (κ3) is 3.33. The number of hydrogen-bond donors (Lipinski definition) is 0. The van der Waals surface area contributed by atoms with Crippen molar-refractivity contribution >= 4 is 11.4 Å². The summed E-state index contributed by atoms with van der Waals surface area (Å²) in [6, 6.07) is 35.4. The standard InChI is InChI=1S/C31H31N/c1-30(2,3)32(24-15-11-14-23(20-24)22-12-7-6-8-13-22)25-18-19-29-27(21-25)26-16-9-10-17-28(26)31(29,4)5/h6-21H,1-5H3. The summed E-state index contributed by atoms with van der Waals surface area (Å²) in [7, 11) is 0. The molecule has 0 N–H and O–H groups in total. The van der Waals surface area contributed by atoms with E-state index in [4.69, 9.17) is 0 Å². The molecule has 0 bridgehead atoms. The van der Waals surface area contributed by atoms with Gasteiger partial charge in [0.05, 0.1) is 0 Å². The molecule has 4 aromatic rings. The van der Waals surface area contributed by atoms with E-state index in [0.717, 1.165) is 0 Å². The minimum atomic E-state index is -0.0722. The van der Waals surface area contributed by atoms with Gasteiger partial charge in [-0.3, -0.25) is 0 Å². The Labute approximate surface area is 192 Å². The zero-order chi connectivity index (χ0) is 22.5. The van der Waals surface area contributed by atoms with Gasteiger partial charge in [0.2, 0.25) is 0 Å². The molecule has 0 heterocycles. The molecule has 5 rings (SSSR count). The first kappa shape index (κ1) is 20.6. The Balaban J connectivity index is 1.65. The molecule has 32 heavy (non-hydrogen) atoms. The zero-order valence-corrected chi connectivity index (χ0v) is 19.7. The van der Waals surface area contributed by atoms with Gasteiger partial charge in [0.15, 0.2) is 0 Å². The van der Waals surface area contributed by atoms with Crippen LogP contribution in [-0.2, 0) is 5.41 Å². The fraction of sp³-hybridized carbons (Fsp3) is 0.226. The number of anilines is 2. The Hall–Kier alpha value is -3.32. The van der Waals surface area contributed by atoms with Crippen LogP contribution in [0.25, 0.3) is 22.3 Å². The van der Waals surface area contributed by atoms with E-state index < -0.39 is 0 Å². The van der Waals surface area contributed by atoms with Gasteiger partial charge in [0.1, 0.15) is 0 Å². The van der Waals surface area contributed by atoms with Gasteiger partial charge in [0.25, 0.3) is 0 Å². The SMILES string of the molecule is CC1(C)c2ccccc2-c2cc(N(c3cccc(-c4ccccc4)c3)C(C)(C)C)ccc21. The highest BCUT2D eigenvalue weighted by atomic mass is 15.2. The molecule has 160 valence electrons. The number of nitrogens with zero attached hydrogens (tertiary/aromatic N) is 1. The molecule has 0 unspecified atom stereocenters. The average Bonchev–Trinajstić information content (AvgIpc) is 3.01. The second-order valence-corrected chi connectivity index (χ2v) is 10.3. The molecule has 0 saturated heterocycles. The van der Waals surface area contributed by atoms with E-state index in [1.807, 2.05) is 0 Å². The summed E-state index contributed by atoms with van der Waals surface area (Å²) in [5.74, 6) is 0. The first-order chi connectivity index (χ1) is 15.3. The predicted octanol–water partition coefficient (Wildman–Crippen LogP) is 8.60. The van der Waals surface area contributed by atoms with Crippen LogP contribution >= 0.6 is 0 Å². The third-order valence-electron chi connectivity index (χ3n) is 6.71. The molecule has 1 aliphatic carbocycles. The van der Waals surface area contributed by atoms with Crippen LogP contribution in [0.15, 0.2) is 97.1 Å². The fourth-order valence-electron chi connectivity index (χ4n) is 5.23. The van der Waals surface area contributed by atoms with E-state index in [9.17, 15) is 0 Å². The van der Waals surface area contributed by atoms with Crippen molar-refractivity contribution in [2.45, 2.75) is 45.6 Å². The third-order valence-corrected chi connectivity index (χ3v) is 6.71. The molecule has 0 atom stereocenters. The van der Waals surface area contributed by atoms with Crippen LogP contribution in [0.3, 0.4) is 0 Å². The van der Waals surface area contributed by atoms with Crippen LogP contribution in [0.4, 0.5) is 11.4 Å². The van der Waals surface area contributed by atoms with E-state index >= 15 is 0 Å². The summed E-state index contributed by atoms with van der Waals surface area (Å²) in [6.45, 7) is 11.5.